The number of carboxylic acids is 2. The molecular formula is C11H12N2O5S. The zero-order valence-electron chi connectivity index (χ0n) is 10.1. The van der Waals surface area contributed by atoms with Crippen molar-refractivity contribution < 1.29 is 24.6 Å². The number of carboxylic acid groups (broad SMARTS) is 2. The van der Waals surface area contributed by atoms with E-state index in [1.54, 1.807) is 6.92 Å². The van der Waals surface area contributed by atoms with Gasteiger partial charge in [0.2, 0.25) is 5.91 Å². The number of nitrogens with zero attached hydrogens (tertiary/aromatic N) is 2. The van der Waals surface area contributed by atoms with Gasteiger partial charge in [-0.25, -0.2) is 9.78 Å². The highest BCUT2D eigenvalue weighted by atomic mass is 32.1. The lowest BCUT2D eigenvalue weighted by Crippen LogP contribution is -2.25. The van der Waals surface area contributed by atoms with Crippen LogP contribution in [0.3, 0.4) is 0 Å². The van der Waals surface area contributed by atoms with Crippen molar-refractivity contribution in [2.24, 2.45) is 5.92 Å². The molecule has 1 unspecified atom stereocenters. The van der Waals surface area contributed by atoms with E-state index in [4.69, 9.17) is 10.2 Å². The van der Waals surface area contributed by atoms with E-state index in [9.17, 15) is 14.4 Å². The molecule has 0 aliphatic carbocycles. The fourth-order valence-corrected chi connectivity index (χ4v) is 2.94. The van der Waals surface area contributed by atoms with E-state index in [0.29, 0.717) is 12.1 Å². The molecular weight excluding hydrogens is 272 g/mol. The van der Waals surface area contributed by atoms with Crippen molar-refractivity contribution in [3.8, 4) is 0 Å². The highest BCUT2D eigenvalue weighted by molar-refractivity contribution is 7.17. The van der Waals surface area contributed by atoms with Crippen LogP contribution in [0.4, 0.5) is 5.13 Å². The first-order valence-electron chi connectivity index (χ1n) is 5.70. The molecule has 0 radical (unpaired) electrons. The van der Waals surface area contributed by atoms with Gasteiger partial charge in [0.25, 0.3) is 0 Å². The Labute approximate surface area is 112 Å². The molecule has 1 aliphatic heterocycles. The Bertz CT molecular complexity index is 553. The molecule has 0 spiro atoms. The number of aliphatic carboxylic acids is 1. The number of hydrogen-bond donors (Lipinski definition) is 2. The Morgan fingerprint density at radius 3 is 2.58 bits per heavy atom. The Balaban J connectivity index is 2.30. The summed E-state index contributed by atoms with van der Waals surface area (Å²) in [5, 5.41) is 18.2. The van der Waals surface area contributed by atoms with Crippen LogP contribution in [-0.4, -0.2) is 39.6 Å². The van der Waals surface area contributed by atoms with Crippen LogP contribution in [0, 0.1) is 5.92 Å². The molecule has 1 aromatic heterocycles. The molecule has 19 heavy (non-hydrogen) atoms. The third-order valence-corrected chi connectivity index (χ3v) is 4.03. The lowest BCUT2D eigenvalue weighted by atomic mass is 10.1. The number of rotatable bonds is 4. The number of aromatic carboxylic acids is 1. The lowest BCUT2D eigenvalue weighted by molar-refractivity contribution is -0.141. The third-order valence-electron chi connectivity index (χ3n) is 2.92. The van der Waals surface area contributed by atoms with Gasteiger partial charge in [0.05, 0.1) is 11.6 Å². The number of amides is 1. The average molecular weight is 284 g/mol. The Kier molecular flexibility index (Phi) is 3.52. The summed E-state index contributed by atoms with van der Waals surface area (Å²) in [6.45, 7) is 1.82. The smallest absolute Gasteiger partial charge is 0.347 e. The van der Waals surface area contributed by atoms with Crippen molar-refractivity contribution >= 4 is 34.3 Å². The Hall–Kier alpha value is -1.96. The molecule has 0 saturated carbocycles. The first-order valence-corrected chi connectivity index (χ1v) is 6.51. The van der Waals surface area contributed by atoms with Crippen molar-refractivity contribution in [3.63, 3.8) is 0 Å². The predicted octanol–water partition coefficient (Wildman–Crippen LogP) is 0.841. The highest BCUT2D eigenvalue weighted by Crippen LogP contribution is 2.31. The van der Waals surface area contributed by atoms with E-state index < -0.39 is 17.9 Å². The van der Waals surface area contributed by atoms with Crippen molar-refractivity contribution in [2.75, 3.05) is 11.4 Å². The second-order valence-corrected chi connectivity index (χ2v) is 5.15. The minimum absolute atomic E-state index is 0.0455. The SMILES string of the molecule is CCc1nc(N2CC(C(=O)O)CC2=O)sc1C(=O)O. The zero-order chi connectivity index (χ0) is 14.2. The van der Waals surface area contributed by atoms with E-state index in [2.05, 4.69) is 4.98 Å². The van der Waals surface area contributed by atoms with Gasteiger partial charge < -0.3 is 10.2 Å². The zero-order valence-corrected chi connectivity index (χ0v) is 10.9. The van der Waals surface area contributed by atoms with Gasteiger partial charge in [0, 0.05) is 13.0 Å². The summed E-state index contributed by atoms with van der Waals surface area (Å²) in [6.07, 6.45) is 0.376. The highest BCUT2D eigenvalue weighted by Gasteiger charge is 2.37. The van der Waals surface area contributed by atoms with E-state index in [-0.39, 0.29) is 28.9 Å². The van der Waals surface area contributed by atoms with E-state index in [1.807, 2.05) is 0 Å². The molecule has 102 valence electrons. The van der Waals surface area contributed by atoms with E-state index in [1.165, 1.54) is 4.90 Å². The molecule has 1 atom stereocenters. The summed E-state index contributed by atoms with van der Waals surface area (Å²) >= 11 is 0.908. The van der Waals surface area contributed by atoms with Crippen LogP contribution in [0.25, 0.3) is 0 Å². The van der Waals surface area contributed by atoms with E-state index in [0.717, 1.165) is 11.3 Å². The average Bonchev–Trinajstić information content (AvgIpc) is 2.91. The van der Waals surface area contributed by atoms with Crippen LogP contribution in [0.1, 0.15) is 28.7 Å². The van der Waals surface area contributed by atoms with Gasteiger partial charge in [0.1, 0.15) is 4.88 Å². The Morgan fingerprint density at radius 1 is 1.47 bits per heavy atom. The van der Waals surface area contributed by atoms with Crippen molar-refractivity contribution in [1.82, 2.24) is 4.98 Å². The van der Waals surface area contributed by atoms with E-state index >= 15 is 0 Å². The number of thiazole rings is 1. The summed E-state index contributed by atoms with van der Waals surface area (Å²) in [5.74, 6) is -3.20. The second-order valence-electron chi connectivity index (χ2n) is 4.17. The number of carbonyl (C=O) groups is 3. The lowest BCUT2D eigenvalue weighted by Gasteiger charge is -2.11. The maximum atomic E-state index is 11.8. The minimum atomic E-state index is -1.08. The number of aromatic nitrogens is 1. The number of anilines is 1. The number of carbonyl (C=O) groups excluding carboxylic acids is 1. The summed E-state index contributed by atoms with van der Waals surface area (Å²) in [6, 6.07) is 0. The standard InChI is InChI=1S/C11H12N2O5S/c1-2-6-8(10(17)18)19-11(12-6)13-4-5(9(15)16)3-7(13)14/h5H,2-4H2,1H3,(H,15,16)(H,17,18). The first kappa shape index (κ1) is 13.5. The van der Waals surface area contributed by atoms with Crippen molar-refractivity contribution in [1.29, 1.82) is 0 Å². The van der Waals surface area contributed by atoms with Gasteiger partial charge in [-0.05, 0) is 6.42 Å². The van der Waals surface area contributed by atoms with Gasteiger partial charge in [-0.1, -0.05) is 18.3 Å². The molecule has 1 amide bonds. The van der Waals surface area contributed by atoms with Gasteiger partial charge >= 0.3 is 11.9 Å². The minimum Gasteiger partial charge on any atom is -0.481 e. The van der Waals surface area contributed by atoms with Gasteiger partial charge in [-0.15, -0.1) is 0 Å². The molecule has 2 rings (SSSR count). The maximum Gasteiger partial charge on any atom is 0.347 e. The molecule has 1 aromatic rings. The van der Waals surface area contributed by atoms with Crippen molar-refractivity contribution in [3.05, 3.63) is 10.6 Å². The summed E-state index contributed by atoms with van der Waals surface area (Å²) in [4.78, 5) is 39.1. The molecule has 8 heteroatoms. The van der Waals surface area contributed by atoms with Crippen LogP contribution in [0.15, 0.2) is 0 Å². The van der Waals surface area contributed by atoms with Crippen LogP contribution in [0.2, 0.25) is 0 Å². The summed E-state index contributed by atoms with van der Waals surface area (Å²) < 4.78 is 0. The van der Waals surface area contributed by atoms with Crippen LogP contribution in [-0.2, 0) is 16.0 Å². The molecule has 0 bridgehead atoms. The summed E-state index contributed by atoms with van der Waals surface area (Å²) in [5.41, 5.74) is 0.416. The summed E-state index contributed by atoms with van der Waals surface area (Å²) in [7, 11) is 0. The number of hydrogen-bond acceptors (Lipinski definition) is 5. The fraction of sp³-hybridized carbons (Fsp3) is 0.455. The van der Waals surface area contributed by atoms with Crippen molar-refractivity contribution in [2.45, 2.75) is 19.8 Å². The van der Waals surface area contributed by atoms with Crippen LogP contribution in [0.5, 0.6) is 0 Å². The molecule has 1 saturated heterocycles. The topological polar surface area (TPSA) is 108 Å². The van der Waals surface area contributed by atoms with Gasteiger partial charge in [-0.3, -0.25) is 14.5 Å². The van der Waals surface area contributed by atoms with Gasteiger partial charge in [0.15, 0.2) is 5.13 Å². The molecule has 1 aliphatic rings. The van der Waals surface area contributed by atoms with Crippen LogP contribution >= 0.6 is 11.3 Å². The monoisotopic (exact) mass is 284 g/mol. The Morgan fingerprint density at radius 2 is 2.16 bits per heavy atom. The van der Waals surface area contributed by atoms with Gasteiger partial charge in [-0.2, -0.15) is 0 Å². The predicted molar refractivity (Wildman–Crippen MR) is 66.5 cm³/mol. The number of aryl methyl sites for hydroxylation is 1. The molecule has 2 heterocycles. The first-order chi connectivity index (χ1) is 8.93. The largest absolute Gasteiger partial charge is 0.481 e. The molecule has 0 aromatic carbocycles. The molecule has 7 nitrogen and oxygen atoms in total. The quantitative estimate of drug-likeness (QED) is 0.848. The molecule has 2 N–H and O–H groups in total. The maximum absolute atomic E-state index is 11.8. The fourth-order valence-electron chi connectivity index (χ4n) is 1.92. The second kappa shape index (κ2) is 4.96. The van der Waals surface area contributed by atoms with Crippen LogP contribution < -0.4 is 4.90 Å². The normalized spacial score (nSPS) is 18.9. The third kappa shape index (κ3) is 2.43. The molecule has 1 fully saturated rings.